The van der Waals surface area contributed by atoms with Gasteiger partial charge in [-0.2, -0.15) is 11.8 Å². The molecule has 2 aliphatic rings. The number of rotatable bonds is 16. The van der Waals surface area contributed by atoms with Crippen LogP contribution < -0.4 is 0 Å². The van der Waals surface area contributed by atoms with E-state index in [1.165, 1.54) is 44.3 Å². The molecular weight excluding hydrogens is 384 g/mol. The van der Waals surface area contributed by atoms with Crippen LogP contribution in [0.25, 0.3) is 0 Å². The first-order valence-electron chi connectivity index (χ1n) is 12.0. The first-order chi connectivity index (χ1) is 13.8. The van der Waals surface area contributed by atoms with Crippen LogP contribution in [0.1, 0.15) is 97.8 Å². The van der Waals surface area contributed by atoms with Crippen LogP contribution in [0.2, 0.25) is 0 Å². The van der Waals surface area contributed by atoms with Gasteiger partial charge in [0.1, 0.15) is 0 Å². The van der Waals surface area contributed by atoms with Gasteiger partial charge in [-0.25, -0.2) is 0 Å². The summed E-state index contributed by atoms with van der Waals surface area (Å²) in [5.74, 6) is 2.86. The molecule has 0 aromatic heterocycles. The Hall–Kier alpha value is -0.260. The first-order valence-corrected chi connectivity index (χ1v) is 13.1. The number of aliphatic hydroxyl groups is 1. The van der Waals surface area contributed by atoms with E-state index in [4.69, 9.17) is 9.84 Å². The summed E-state index contributed by atoms with van der Waals surface area (Å²) in [4.78, 5) is 10.5. The summed E-state index contributed by atoms with van der Waals surface area (Å²) >= 11 is 1.96. The number of unbranched alkanes of at least 4 members (excludes halogenated alkanes) is 2. The van der Waals surface area contributed by atoms with E-state index in [1.54, 1.807) is 0 Å². The van der Waals surface area contributed by atoms with Crippen LogP contribution in [-0.4, -0.2) is 46.0 Å². The Labute approximate surface area is 182 Å². The summed E-state index contributed by atoms with van der Waals surface area (Å²) in [7, 11) is 0. The van der Waals surface area contributed by atoms with E-state index in [9.17, 15) is 9.90 Å². The average molecular weight is 429 g/mol. The number of carbonyl (C=O) groups is 1. The molecule has 0 saturated carbocycles. The van der Waals surface area contributed by atoms with Crippen molar-refractivity contribution in [3.05, 3.63) is 0 Å². The largest absolute Gasteiger partial charge is 0.481 e. The van der Waals surface area contributed by atoms with Gasteiger partial charge in [-0.05, 0) is 86.5 Å². The Morgan fingerprint density at radius 2 is 1.72 bits per heavy atom. The summed E-state index contributed by atoms with van der Waals surface area (Å²) in [6.45, 7) is 6.65. The molecule has 2 bridgehead atoms. The van der Waals surface area contributed by atoms with Crippen LogP contribution in [0.15, 0.2) is 0 Å². The van der Waals surface area contributed by atoms with Crippen molar-refractivity contribution in [2.45, 2.75) is 116 Å². The Bertz CT molecular complexity index is 482. The van der Waals surface area contributed by atoms with E-state index < -0.39 is 5.97 Å². The van der Waals surface area contributed by atoms with E-state index in [0.29, 0.717) is 30.5 Å². The Balaban J connectivity index is 1.67. The fourth-order valence-electron chi connectivity index (χ4n) is 5.21. The molecule has 2 heterocycles. The lowest BCUT2D eigenvalue weighted by Crippen LogP contribution is -2.32. The average Bonchev–Trinajstić information content (AvgIpc) is 3.28. The summed E-state index contributed by atoms with van der Waals surface area (Å²) in [6, 6.07) is 0. The molecule has 29 heavy (non-hydrogen) atoms. The van der Waals surface area contributed by atoms with Crippen molar-refractivity contribution in [3.8, 4) is 0 Å². The van der Waals surface area contributed by atoms with Crippen molar-refractivity contribution in [2.24, 2.45) is 17.3 Å². The third-order valence-electron chi connectivity index (χ3n) is 7.20. The summed E-state index contributed by atoms with van der Waals surface area (Å²) in [6.07, 6.45) is 13.1. The van der Waals surface area contributed by atoms with Gasteiger partial charge in [0.2, 0.25) is 0 Å². The zero-order valence-electron chi connectivity index (χ0n) is 18.9. The van der Waals surface area contributed by atoms with Crippen LogP contribution in [0.5, 0.6) is 0 Å². The first kappa shape index (κ1) is 25.0. The highest BCUT2D eigenvalue weighted by Crippen LogP contribution is 2.48. The molecule has 2 saturated heterocycles. The molecule has 0 aliphatic carbocycles. The molecule has 2 rings (SSSR count). The lowest BCUT2D eigenvalue weighted by Gasteiger charge is -2.33. The van der Waals surface area contributed by atoms with Gasteiger partial charge in [0, 0.05) is 6.42 Å². The number of carboxylic acid groups (broad SMARTS) is 1. The highest BCUT2D eigenvalue weighted by atomic mass is 32.2. The van der Waals surface area contributed by atoms with Crippen LogP contribution in [0, 0.1) is 17.3 Å². The van der Waals surface area contributed by atoms with Crippen LogP contribution >= 0.6 is 11.8 Å². The maximum Gasteiger partial charge on any atom is 0.303 e. The number of aliphatic hydroxyl groups excluding tert-OH is 1. The maximum atomic E-state index is 10.8. The van der Waals surface area contributed by atoms with Crippen molar-refractivity contribution in [1.29, 1.82) is 0 Å². The molecule has 0 spiro atoms. The van der Waals surface area contributed by atoms with Gasteiger partial charge in [0.05, 0.1) is 18.3 Å². The normalized spacial score (nSPS) is 27.4. The zero-order chi connectivity index (χ0) is 21.3. The molecule has 5 atom stereocenters. The summed E-state index contributed by atoms with van der Waals surface area (Å²) < 4.78 is 6.27. The molecule has 5 heteroatoms. The second-order valence-corrected chi connectivity index (χ2v) is 11.1. The second-order valence-electron chi connectivity index (χ2n) is 9.91. The predicted molar refractivity (Wildman–Crippen MR) is 121 cm³/mol. The summed E-state index contributed by atoms with van der Waals surface area (Å²) in [5.41, 5.74) is 0.0151. The van der Waals surface area contributed by atoms with Crippen molar-refractivity contribution in [2.75, 3.05) is 11.5 Å². The predicted octanol–water partition coefficient (Wildman–Crippen LogP) is 5.91. The van der Waals surface area contributed by atoms with E-state index >= 15 is 0 Å². The molecule has 2 N–H and O–H groups in total. The number of carboxylic acids is 1. The van der Waals surface area contributed by atoms with E-state index in [1.807, 2.05) is 11.8 Å². The number of ether oxygens (including phenoxy) is 1. The number of hydrogen-bond acceptors (Lipinski definition) is 4. The van der Waals surface area contributed by atoms with Gasteiger partial charge < -0.3 is 14.9 Å². The highest BCUT2D eigenvalue weighted by molar-refractivity contribution is 7.99. The lowest BCUT2D eigenvalue weighted by molar-refractivity contribution is -0.137. The van der Waals surface area contributed by atoms with Gasteiger partial charge in [0.25, 0.3) is 0 Å². The molecule has 5 unspecified atom stereocenters. The number of thioether (sulfide) groups is 1. The van der Waals surface area contributed by atoms with Crippen molar-refractivity contribution in [3.63, 3.8) is 0 Å². The number of aliphatic carboxylic acids is 1. The van der Waals surface area contributed by atoms with Gasteiger partial charge >= 0.3 is 5.97 Å². The van der Waals surface area contributed by atoms with Gasteiger partial charge in [-0.3, -0.25) is 4.79 Å². The van der Waals surface area contributed by atoms with E-state index in [-0.39, 0.29) is 11.5 Å². The Morgan fingerprint density at radius 3 is 2.38 bits per heavy atom. The van der Waals surface area contributed by atoms with Gasteiger partial charge in [0.15, 0.2) is 0 Å². The molecular formula is C24H44O4S. The van der Waals surface area contributed by atoms with E-state index in [2.05, 4.69) is 20.8 Å². The number of hydrogen-bond donors (Lipinski definition) is 2. The molecule has 0 radical (unpaired) electrons. The minimum atomic E-state index is -0.684. The summed E-state index contributed by atoms with van der Waals surface area (Å²) in [5, 5.41) is 19.5. The Morgan fingerprint density at radius 1 is 1.07 bits per heavy atom. The topological polar surface area (TPSA) is 66.8 Å². The van der Waals surface area contributed by atoms with E-state index in [0.717, 1.165) is 37.9 Å². The second kappa shape index (κ2) is 12.6. The van der Waals surface area contributed by atoms with Crippen LogP contribution in [0.4, 0.5) is 0 Å². The fraction of sp³-hybridized carbons (Fsp3) is 0.958. The SMILES string of the molecule is CCCCC(C)(C)C(O)CCC1C2CCC(O2)C1CCCSCCCCC(=O)O. The van der Waals surface area contributed by atoms with Gasteiger partial charge in [-0.1, -0.05) is 33.6 Å². The quantitative estimate of drug-likeness (QED) is 0.299. The highest BCUT2D eigenvalue weighted by Gasteiger charge is 2.48. The third kappa shape index (κ3) is 8.06. The Kier molecular flexibility index (Phi) is 10.8. The smallest absolute Gasteiger partial charge is 0.303 e. The molecule has 2 aliphatic heterocycles. The molecule has 0 aromatic carbocycles. The van der Waals surface area contributed by atoms with Crippen molar-refractivity contribution < 1.29 is 19.7 Å². The van der Waals surface area contributed by atoms with Crippen LogP contribution in [-0.2, 0) is 9.53 Å². The molecule has 0 aromatic rings. The third-order valence-corrected chi connectivity index (χ3v) is 8.35. The minimum Gasteiger partial charge on any atom is -0.481 e. The number of fused-ring (bicyclic) bond motifs is 2. The van der Waals surface area contributed by atoms with Crippen molar-refractivity contribution >= 4 is 17.7 Å². The molecule has 0 amide bonds. The maximum absolute atomic E-state index is 10.8. The lowest BCUT2D eigenvalue weighted by atomic mass is 9.72. The van der Waals surface area contributed by atoms with Crippen LogP contribution in [0.3, 0.4) is 0 Å². The monoisotopic (exact) mass is 428 g/mol. The molecule has 170 valence electrons. The zero-order valence-corrected chi connectivity index (χ0v) is 19.7. The standard InChI is InChI=1S/C24H44O4S/c1-4-5-15-24(2,3)22(25)14-11-19-18(20-12-13-21(19)28-20)9-8-17-29-16-7-6-10-23(26)27/h18-22,25H,4-17H2,1-3H3,(H,26,27). The minimum absolute atomic E-state index is 0.0151. The molecule has 2 fully saturated rings. The fourth-order valence-corrected chi connectivity index (χ4v) is 6.20. The molecule has 4 nitrogen and oxygen atoms in total. The van der Waals surface area contributed by atoms with Crippen molar-refractivity contribution in [1.82, 2.24) is 0 Å². The van der Waals surface area contributed by atoms with Gasteiger partial charge in [-0.15, -0.1) is 0 Å².